The second-order valence-corrected chi connectivity index (χ2v) is 5.38. The van der Waals surface area contributed by atoms with Gasteiger partial charge >= 0.3 is 0 Å². The van der Waals surface area contributed by atoms with Gasteiger partial charge in [0.25, 0.3) is 0 Å². The van der Waals surface area contributed by atoms with Crippen molar-refractivity contribution in [2.24, 2.45) is 0 Å². The molecule has 1 atom stereocenters. The molecule has 2 nitrogen and oxygen atoms in total. The van der Waals surface area contributed by atoms with Crippen LogP contribution in [0.2, 0.25) is 0 Å². The molecule has 2 aromatic rings. The van der Waals surface area contributed by atoms with Crippen LogP contribution in [-0.2, 0) is 0 Å². The standard InChI is InChI=1S/C16H18BrNO/c1-11-7-8-14(15(17)9-11)16(18-2)12-5-4-6-13(10-12)19-3/h4-10,16,18H,1-3H3. The molecule has 1 N–H and O–H groups in total. The van der Waals surface area contributed by atoms with Crippen LogP contribution in [0.25, 0.3) is 0 Å². The molecule has 2 rings (SSSR count). The van der Waals surface area contributed by atoms with Gasteiger partial charge in [-0.2, -0.15) is 0 Å². The molecule has 0 fully saturated rings. The molecule has 3 heteroatoms. The molecule has 0 saturated carbocycles. The van der Waals surface area contributed by atoms with E-state index in [1.165, 1.54) is 16.7 Å². The van der Waals surface area contributed by atoms with E-state index in [1.54, 1.807) is 7.11 Å². The lowest BCUT2D eigenvalue weighted by molar-refractivity contribution is 0.414. The summed E-state index contributed by atoms with van der Waals surface area (Å²) in [6.45, 7) is 2.09. The molecular formula is C16H18BrNO. The van der Waals surface area contributed by atoms with Gasteiger partial charge < -0.3 is 10.1 Å². The number of rotatable bonds is 4. The molecule has 1 unspecified atom stereocenters. The summed E-state index contributed by atoms with van der Waals surface area (Å²) in [4.78, 5) is 0. The smallest absolute Gasteiger partial charge is 0.119 e. The minimum Gasteiger partial charge on any atom is -0.497 e. The van der Waals surface area contributed by atoms with Gasteiger partial charge in [-0.3, -0.25) is 0 Å². The Balaban J connectivity index is 2.43. The van der Waals surface area contributed by atoms with Crippen LogP contribution >= 0.6 is 15.9 Å². The van der Waals surface area contributed by atoms with Crippen LogP contribution in [0.5, 0.6) is 5.75 Å². The topological polar surface area (TPSA) is 21.3 Å². The van der Waals surface area contributed by atoms with Crippen LogP contribution in [0.3, 0.4) is 0 Å². The molecule has 0 saturated heterocycles. The predicted molar refractivity (Wildman–Crippen MR) is 82.8 cm³/mol. The molecule has 100 valence electrons. The van der Waals surface area contributed by atoms with Crippen molar-refractivity contribution in [3.63, 3.8) is 0 Å². The van der Waals surface area contributed by atoms with Gasteiger partial charge in [0.15, 0.2) is 0 Å². The highest BCUT2D eigenvalue weighted by atomic mass is 79.9. The number of methoxy groups -OCH3 is 1. The zero-order valence-electron chi connectivity index (χ0n) is 11.4. The molecule has 0 aliphatic carbocycles. The molecule has 0 heterocycles. The van der Waals surface area contributed by atoms with Gasteiger partial charge in [0, 0.05) is 4.47 Å². The maximum Gasteiger partial charge on any atom is 0.119 e. The predicted octanol–water partition coefficient (Wildman–Crippen LogP) is 4.07. The number of ether oxygens (including phenoxy) is 1. The quantitative estimate of drug-likeness (QED) is 0.917. The lowest BCUT2D eigenvalue weighted by Crippen LogP contribution is -2.18. The number of hydrogen-bond acceptors (Lipinski definition) is 2. The van der Waals surface area contributed by atoms with E-state index >= 15 is 0 Å². The summed E-state index contributed by atoms with van der Waals surface area (Å²) < 4.78 is 6.42. The largest absolute Gasteiger partial charge is 0.497 e. The van der Waals surface area contributed by atoms with Crippen molar-refractivity contribution in [3.8, 4) is 5.75 Å². The fourth-order valence-electron chi connectivity index (χ4n) is 2.19. The monoisotopic (exact) mass is 319 g/mol. The Morgan fingerprint density at radius 3 is 2.58 bits per heavy atom. The van der Waals surface area contributed by atoms with Crippen molar-refractivity contribution in [2.45, 2.75) is 13.0 Å². The van der Waals surface area contributed by atoms with E-state index in [0.717, 1.165) is 10.2 Å². The van der Waals surface area contributed by atoms with E-state index in [-0.39, 0.29) is 6.04 Å². The van der Waals surface area contributed by atoms with Gasteiger partial charge in [0.05, 0.1) is 13.2 Å². The van der Waals surface area contributed by atoms with E-state index < -0.39 is 0 Å². The average molecular weight is 320 g/mol. The molecule has 0 aromatic heterocycles. The third-order valence-corrected chi connectivity index (χ3v) is 3.87. The number of halogens is 1. The van der Waals surface area contributed by atoms with E-state index in [4.69, 9.17) is 4.74 Å². The molecule has 0 aliphatic heterocycles. The Hall–Kier alpha value is -1.32. The van der Waals surface area contributed by atoms with E-state index in [2.05, 4.69) is 58.5 Å². The maximum atomic E-state index is 5.30. The summed E-state index contributed by atoms with van der Waals surface area (Å²) in [6.07, 6.45) is 0. The first-order valence-corrected chi connectivity index (χ1v) is 7.02. The van der Waals surface area contributed by atoms with Crippen LogP contribution in [-0.4, -0.2) is 14.2 Å². The Bertz CT molecular complexity index is 568. The fourth-order valence-corrected chi connectivity index (χ4v) is 2.91. The summed E-state index contributed by atoms with van der Waals surface area (Å²) in [5.74, 6) is 0.876. The Kier molecular flexibility index (Phi) is 4.61. The number of aryl methyl sites for hydroxylation is 1. The van der Waals surface area contributed by atoms with Crippen LogP contribution in [0.4, 0.5) is 0 Å². The van der Waals surface area contributed by atoms with Crippen LogP contribution < -0.4 is 10.1 Å². The maximum absolute atomic E-state index is 5.30. The van der Waals surface area contributed by atoms with Crippen LogP contribution in [0.15, 0.2) is 46.9 Å². The third-order valence-electron chi connectivity index (χ3n) is 3.18. The highest BCUT2D eigenvalue weighted by Gasteiger charge is 2.15. The number of hydrogen-bond donors (Lipinski definition) is 1. The van der Waals surface area contributed by atoms with Crippen molar-refractivity contribution in [1.82, 2.24) is 5.32 Å². The van der Waals surface area contributed by atoms with Gasteiger partial charge in [-0.05, 0) is 48.9 Å². The van der Waals surface area contributed by atoms with Gasteiger partial charge in [-0.1, -0.05) is 40.2 Å². The Labute approximate surface area is 122 Å². The first-order chi connectivity index (χ1) is 9.15. The number of nitrogens with one attached hydrogen (secondary N) is 1. The highest BCUT2D eigenvalue weighted by Crippen LogP contribution is 2.30. The summed E-state index contributed by atoms with van der Waals surface area (Å²) >= 11 is 3.65. The second-order valence-electron chi connectivity index (χ2n) is 4.52. The van der Waals surface area contributed by atoms with Crippen LogP contribution in [0.1, 0.15) is 22.7 Å². The summed E-state index contributed by atoms with van der Waals surface area (Å²) in [5, 5.41) is 3.36. The minimum atomic E-state index is 0.144. The highest BCUT2D eigenvalue weighted by molar-refractivity contribution is 9.10. The lowest BCUT2D eigenvalue weighted by atomic mass is 9.98. The van der Waals surface area contributed by atoms with Crippen molar-refractivity contribution >= 4 is 15.9 Å². The molecule has 0 radical (unpaired) electrons. The van der Waals surface area contributed by atoms with Gasteiger partial charge in [-0.15, -0.1) is 0 Å². The lowest BCUT2D eigenvalue weighted by Gasteiger charge is -2.19. The average Bonchev–Trinajstić information content (AvgIpc) is 2.42. The van der Waals surface area contributed by atoms with E-state index in [9.17, 15) is 0 Å². The van der Waals surface area contributed by atoms with E-state index in [0.29, 0.717) is 0 Å². The molecule has 0 spiro atoms. The Morgan fingerprint density at radius 1 is 1.16 bits per heavy atom. The summed E-state index contributed by atoms with van der Waals surface area (Å²) in [6, 6.07) is 14.7. The van der Waals surface area contributed by atoms with Crippen molar-refractivity contribution in [3.05, 3.63) is 63.6 Å². The van der Waals surface area contributed by atoms with Crippen molar-refractivity contribution in [2.75, 3.05) is 14.2 Å². The molecule has 19 heavy (non-hydrogen) atoms. The zero-order valence-corrected chi connectivity index (χ0v) is 13.0. The zero-order chi connectivity index (χ0) is 13.8. The molecule has 0 aliphatic rings. The summed E-state index contributed by atoms with van der Waals surface area (Å²) in [7, 11) is 3.66. The van der Waals surface area contributed by atoms with E-state index in [1.807, 2.05) is 19.2 Å². The molecule has 0 amide bonds. The third kappa shape index (κ3) is 3.17. The first-order valence-electron chi connectivity index (χ1n) is 6.23. The normalized spacial score (nSPS) is 12.2. The van der Waals surface area contributed by atoms with Crippen LogP contribution in [0, 0.1) is 6.92 Å². The molecule has 0 bridgehead atoms. The second kappa shape index (κ2) is 6.22. The van der Waals surface area contributed by atoms with Crippen molar-refractivity contribution in [1.29, 1.82) is 0 Å². The fraction of sp³-hybridized carbons (Fsp3) is 0.250. The molecular weight excluding hydrogens is 302 g/mol. The first kappa shape index (κ1) is 14.1. The van der Waals surface area contributed by atoms with Gasteiger partial charge in [0.1, 0.15) is 5.75 Å². The van der Waals surface area contributed by atoms with Gasteiger partial charge in [0.2, 0.25) is 0 Å². The van der Waals surface area contributed by atoms with Crippen molar-refractivity contribution < 1.29 is 4.74 Å². The van der Waals surface area contributed by atoms with Gasteiger partial charge in [-0.25, -0.2) is 0 Å². The Morgan fingerprint density at radius 2 is 1.95 bits per heavy atom. The SMILES string of the molecule is CNC(c1cccc(OC)c1)c1ccc(C)cc1Br. The number of benzene rings is 2. The minimum absolute atomic E-state index is 0.144. The summed E-state index contributed by atoms with van der Waals surface area (Å²) in [5.41, 5.74) is 3.66. The molecule has 2 aromatic carbocycles.